The fraction of sp³-hybridized carbons (Fsp3) is 0.105. The molecule has 26 heavy (non-hydrogen) atoms. The third-order valence-electron chi connectivity index (χ3n) is 3.73. The summed E-state index contributed by atoms with van der Waals surface area (Å²) in [5.41, 5.74) is 3.21. The maximum absolute atomic E-state index is 12.7. The Hall–Kier alpha value is -2.93. The number of benzene rings is 2. The highest BCUT2D eigenvalue weighted by atomic mass is 79.9. The molecule has 1 amide bonds. The van der Waals surface area contributed by atoms with Gasteiger partial charge in [0.1, 0.15) is 0 Å². The Morgan fingerprint density at radius 2 is 1.81 bits per heavy atom. The molecule has 2 N–H and O–H groups in total. The molecule has 1 aromatic heterocycles. The number of amides is 1. The Balaban J connectivity index is 1.86. The number of carbonyl (C=O) groups excluding carboxylic acids is 1. The molecule has 0 spiro atoms. The van der Waals surface area contributed by atoms with E-state index in [1.807, 2.05) is 31.2 Å². The minimum Gasteiger partial charge on any atom is -0.326 e. The molecule has 1 heterocycles. The van der Waals surface area contributed by atoms with E-state index in [1.165, 1.54) is 11.6 Å². The molecule has 0 unspecified atom stereocenters. The lowest BCUT2D eigenvalue weighted by Crippen LogP contribution is -2.17. The second kappa shape index (κ2) is 7.53. The van der Waals surface area contributed by atoms with Crippen LogP contribution in [0.4, 0.5) is 11.4 Å². The van der Waals surface area contributed by atoms with Crippen molar-refractivity contribution in [2.75, 3.05) is 5.32 Å². The van der Waals surface area contributed by atoms with Crippen molar-refractivity contribution in [3.05, 3.63) is 74.6 Å². The van der Waals surface area contributed by atoms with Crippen LogP contribution in [0.15, 0.2) is 62.8 Å². The number of aromatic nitrogens is 2. The van der Waals surface area contributed by atoms with Crippen molar-refractivity contribution >= 4 is 39.4 Å². The molecular formula is C19H17BrN4O2. The van der Waals surface area contributed by atoms with Gasteiger partial charge in [-0.15, -0.1) is 0 Å². The van der Waals surface area contributed by atoms with Crippen LogP contribution in [-0.2, 0) is 4.79 Å². The van der Waals surface area contributed by atoms with E-state index in [0.717, 1.165) is 15.9 Å². The Bertz CT molecular complexity index is 1020. The van der Waals surface area contributed by atoms with Crippen LogP contribution in [0.1, 0.15) is 18.2 Å². The summed E-state index contributed by atoms with van der Waals surface area (Å²) < 4.78 is 2.44. The number of aryl methyl sites for hydroxylation is 1. The van der Waals surface area contributed by atoms with Crippen LogP contribution in [0, 0.1) is 6.92 Å². The van der Waals surface area contributed by atoms with E-state index in [0.29, 0.717) is 16.9 Å². The van der Waals surface area contributed by atoms with Crippen LogP contribution < -0.4 is 10.9 Å². The van der Waals surface area contributed by atoms with Gasteiger partial charge in [0.15, 0.2) is 0 Å². The summed E-state index contributed by atoms with van der Waals surface area (Å²) in [5, 5.41) is 5.76. The number of aliphatic imine (C=N–C) groups is 1. The molecule has 0 radical (unpaired) electrons. The van der Waals surface area contributed by atoms with Gasteiger partial charge in [0.2, 0.25) is 5.91 Å². The van der Waals surface area contributed by atoms with Crippen molar-refractivity contribution in [1.29, 1.82) is 0 Å². The predicted octanol–water partition coefficient (Wildman–Crippen LogP) is 3.95. The van der Waals surface area contributed by atoms with Gasteiger partial charge < -0.3 is 5.32 Å². The topological polar surface area (TPSA) is 79.2 Å². The van der Waals surface area contributed by atoms with E-state index in [4.69, 9.17) is 0 Å². The van der Waals surface area contributed by atoms with Gasteiger partial charge in [-0.3, -0.25) is 19.7 Å². The molecule has 0 aliphatic heterocycles. The summed E-state index contributed by atoms with van der Waals surface area (Å²) in [6.45, 7) is 3.29. The molecular weight excluding hydrogens is 396 g/mol. The molecule has 0 fully saturated rings. The lowest BCUT2D eigenvalue weighted by Gasteiger charge is -2.01. The van der Waals surface area contributed by atoms with Crippen molar-refractivity contribution < 1.29 is 4.79 Å². The van der Waals surface area contributed by atoms with Crippen LogP contribution in [0.3, 0.4) is 0 Å². The summed E-state index contributed by atoms with van der Waals surface area (Å²) >= 11 is 3.38. The molecule has 2 aromatic carbocycles. The number of hydrogen-bond acceptors (Lipinski definition) is 3. The second-order valence-electron chi connectivity index (χ2n) is 5.75. The second-order valence-corrected chi connectivity index (χ2v) is 6.67. The smallest absolute Gasteiger partial charge is 0.280 e. The number of nitrogens with zero attached hydrogens (tertiary/aromatic N) is 2. The molecule has 3 aromatic rings. The maximum atomic E-state index is 12.7. The number of rotatable bonds is 4. The van der Waals surface area contributed by atoms with E-state index in [2.05, 4.69) is 31.3 Å². The molecule has 132 valence electrons. The number of nitrogens with one attached hydrogen (secondary N) is 2. The average Bonchev–Trinajstić information content (AvgIpc) is 2.89. The standard InChI is InChI=1S/C19H17BrN4O2/c1-12-18(11-21-15-5-7-16(8-6-15)22-13(2)25)19(26)24(23-12)17-9-3-14(20)4-10-17/h3-11,23H,1-2H3,(H,22,25). The lowest BCUT2D eigenvalue weighted by atomic mass is 10.2. The first kappa shape index (κ1) is 17.9. The van der Waals surface area contributed by atoms with Gasteiger partial charge in [-0.25, -0.2) is 4.68 Å². The zero-order valence-electron chi connectivity index (χ0n) is 14.3. The molecule has 0 atom stereocenters. The molecule has 6 nitrogen and oxygen atoms in total. The van der Waals surface area contributed by atoms with Crippen molar-refractivity contribution in [2.45, 2.75) is 13.8 Å². The van der Waals surface area contributed by atoms with Crippen LogP contribution >= 0.6 is 15.9 Å². The minimum absolute atomic E-state index is 0.127. The van der Waals surface area contributed by atoms with E-state index in [-0.39, 0.29) is 11.5 Å². The van der Waals surface area contributed by atoms with Crippen LogP contribution in [-0.4, -0.2) is 21.9 Å². The van der Waals surface area contributed by atoms with E-state index in [9.17, 15) is 9.59 Å². The quantitative estimate of drug-likeness (QED) is 0.636. The van der Waals surface area contributed by atoms with Crippen LogP contribution in [0.25, 0.3) is 5.69 Å². The number of aromatic amines is 1. The lowest BCUT2D eigenvalue weighted by molar-refractivity contribution is -0.114. The van der Waals surface area contributed by atoms with Gasteiger partial charge in [-0.2, -0.15) is 0 Å². The van der Waals surface area contributed by atoms with Crippen molar-refractivity contribution in [3.63, 3.8) is 0 Å². The van der Waals surface area contributed by atoms with E-state index < -0.39 is 0 Å². The summed E-state index contributed by atoms with van der Waals surface area (Å²) in [4.78, 5) is 28.1. The Morgan fingerprint density at radius 1 is 1.15 bits per heavy atom. The SMILES string of the molecule is CC(=O)Nc1ccc(N=Cc2c(C)[nH]n(-c3ccc(Br)cc3)c2=O)cc1. The average molecular weight is 413 g/mol. The van der Waals surface area contributed by atoms with Crippen LogP contribution in [0.5, 0.6) is 0 Å². The molecule has 0 saturated carbocycles. The Kier molecular flexibility index (Phi) is 5.18. The maximum Gasteiger partial charge on any atom is 0.280 e. The Labute approximate surface area is 158 Å². The number of carbonyl (C=O) groups is 1. The van der Waals surface area contributed by atoms with Crippen molar-refractivity contribution in [2.24, 2.45) is 4.99 Å². The molecule has 0 aliphatic rings. The fourth-order valence-electron chi connectivity index (χ4n) is 2.46. The van der Waals surface area contributed by atoms with Gasteiger partial charge in [-0.1, -0.05) is 15.9 Å². The highest BCUT2D eigenvalue weighted by molar-refractivity contribution is 9.10. The molecule has 0 bridgehead atoms. The highest BCUT2D eigenvalue weighted by Gasteiger charge is 2.10. The largest absolute Gasteiger partial charge is 0.326 e. The van der Waals surface area contributed by atoms with Gasteiger partial charge in [-0.05, 0) is 55.5 Å². The van der Waals surface area contributed by atoms with Gasteiger partial charge >= 0.3 is 0 Å². The summed E-state index contributed by atoms with van der Waals surface area (Å²) in [6, 6.07) is 14.5. The summed E-state index contributed by atoms with van der Waals surface area (Å²) in [7, 11) is 0. The predicted molar refractivity (Wildman–Crippen MR) is 107 cm³/mol. The number of H-pyrrole nitrogens is 1. The van der Waals surface area contributed by atoms with Gasteiger partial charge in [0.25, 0.3) is 5.56 Å². The van der Waals surface area contributed by atoms with E-state index >= 15 is 0 Å². The number of anilines is 1. The molecule has 0 aliphatic carbocycles. The number of halogens is 1. The first-order valence-electron chi connectivity index (χ1n) is 7.93. The first-order chi connectivity index (χ1) is 12.4. The molecule has 0 saturated heterocycles. The highest BCUT2D eigenvalue weighted by Crippen LogP contribution is 2.17. The fourth-order valence-corrected chi connectivity index (χ4v) is 2.72. The van der Waals surface area contributed by atoms with Crippen molar-refractivity contribution in [1.82, 2.24) is 9.78 Å². The van der Waals surface area contributed by atoms with Crippen LogP contribution in [0.2, 0.25) is 0 Å². The third kappa shape index (κ3) is 4.00. The normalized spacial score (nSPS) is 11.0. The van der Waals surface area contributed by atoms with Gasteiger partial charge in [0.05, 0.1) is 16.9 Å². The molecule has 7 heteroatoms. The number of hydrogen-bond donors (Lipinski definition) is 2. The summed E-state index contributed by atoms with van der Waals surface area (Å²) in [5.74, 6) is -0.127. The zero-order chi connectivity index (χ0) is 18.7. The van der Waals surface area contributed by atoms with Crippen molar-refractivity contribution in [3.8, 4) is 5.69 Å². The first-order valence-corrected chi connectivity index (χ1v) is 8.72. The summed E-state index contributed by atoms with van der Waals surface area (Å²) in [6.07, 6.45) is 1.55. The minimum atomic E-state index is -0.163. The third-order valence-corrected chi connectivity index (χ3v) is 4.26. The van der Waals surface area contributed by atoms with Gasteiger partial charge in [0, 0.05) is 29.0 Å². The monoisotopic (exact) mass is 412 g/mol. The zero-order valence-corrected chi connectivity index (χ0v) is 15.9. The Morgan fingerprint density at radius 3 is 2.42 bits per heavy atom. The molecule has 3 rings (SSSR count). The van der Waals surface area contributed by atoms with E-state index in [1.54, 1.807) is 30.5 Å².